The summed E-state index contributed by atoms with van der Waals surface area (Å²) < 4.78 is 42.5. The second-order valence-corrected chi connectivity index (χ2v) is 7.06. The smallest absolute Gasteiger partial charge is 0.346 e. The van der Waals surface area contributed by atoms with Gasteiger partial charge in [-0.05, 0) is 55.5 Å². The van der Waals surface area contributed by atoms with E-state index in [-0.39, 0.29) is 18.8 Å². The van der Waals surface area contributed by atoms with Crippen LogP contribution in [0, 0.1) is 0 Å². The average Bonchev–Trinajstić information content (AvgIpc) is 3.10. The van der Waals surface area contributed by atoms with E-state index in [1.807, 2.05) is 23.8 Å². The van der Waals surface area contributed by atoms with Gasteiger partial charge in [0.1, 0.15) is 17.5 Å². The van der Waals surface area contributed by atoms with Crippen molar-refractivity contribution in [2.75, 3.05) is 11.4 Å². The molecule has 8 heteroatoms. The van der Waals surface area contributed by atoms with Crippen molar-refractivity contribution in [2.24, 2.45) is 0 Å². The quantitative estimate of drug-likeness (QED) is 0.724. The second-order valence-electron chi connectivity index (χ2n) is 7.06. The third-order valence-electron chi connectivity index (χ3n) is 5.33. The van der Waals surface area contributed by atoms with E-state index < -0.39 is 17.8 Å². The number of alkyl halides is 3. The minimum Gasteiger partial charge on any atom is -0.346 e. The van der Waals surface area contributed by atoms with Gasteiger partial charge in [-0.3, -0.25) is 4.79 Å². The van der Waals surface area contributed by atoms with E-state index in [0.29, 0.717) is 18.4 Å². The highest BCUT2D eigenvalue weighted by molar-refractivity contribution is 5.93. The van der Waals surface area contributed by atoms with Gasteiger partial charge in [-0.15, -0.1) is 0 Å². The molecule has 1 fully saturated rings. The van der Waals surface area contributed by atoms with Crippen LogP contribution in [0.25, 0.3) is 22.2 Å². The lowest BCUT2D eigenvalue weighted by Gasteiger charge is -2.38. The first kappa shape index (κ1) is 18.6. The van der Waals surface area contributed by atoms with Gasteiger partial charge < -0.3 is 14.5 Å². The summed E-state index contributed by atoms with van der Waals surface area (Å²) >= 11 is 0. The number of hydrogen-bond acceptors (Lipinski definition) is 3. The normalized spacial score (nSPS) is 18.0. The maximum atomic E-state index is 13.5. The number of anilines is 1. The van der Waals surface area contributed by atoms with Crippen LogP contribution in [-0.2, 0) is 6.54 Å². The first-order valence-corrected chi connectivity index (χ1v) is 9.40. The number of hydrogen-bond donors (Lipinski definition) is 1. The Morgan fingerprint density at radius 2 is 2.07 bits per heavy atom. The minimum absolute atomic E-state index is 0.0363. The van der Waals surface area contributed by atoms with Gasteiger partial charge in [-0.2, -0.15) is 13.2 Å². The molecule has 4 heterocycles. The molecule has 0 radical (unpaired) electrons. The lowest BCUT2D eigenvalue weighted by atomic mass is 10.0. The number of halogens is 3. The Balaban J connectivity index is 1.82. The first-order valence-electron chi connectivity index (χ1n) is 9.40. The monoisotopic (exact) mass is 390 g/mol. The van der Waals surface area contributed by atoms with E-state index in [1.54, 1.807) is 18.3 Å². The molecule has 1 aliphatic heterocycles. The van der Waals surface area contributed by atoms with Gasteiger partial charge in [-0.25, -0.2) is 4.98 Å². The molecule has 0 aromatic carbocycles. The predicted molar refractivity (Wildman–Crippen MR) is 103 cm³/mol. The number of aromatic amines is 1. The Kier molecular flexibility index (Phi) is 4.64. The molecule has 0 spiro atoms. The fourth-order valence-electron chi connectivity index (χ4n) is 4.00. The van der Waals surface area contributed by atoms with Crippen LogP contribution in [0.3, 0.4) is 0 Å². The van der Waals surface area contributed by atoms with E-state index in [4.69, 9.17) is 0 Å². The molecule has 1 N–H and O–H groups in total. The van der Waals surface area contributed by atoms with Crippen molar-refractivity contribution in [2.45, 2.75) is 44.9 Å². The molecule has 1 unspecified atom stereocenters. The molecule has 0 aliphatic carbocycles. The third kappa shape index (κ3) is 3.27. The highest BCUT2D eigenvalue weighted by atomic mass is 19.4. The standard InChI is InChI=1S/C20H21F3N4O/c1-2-26-10-7-15-14(6-8-24-19(15)26)13-11-17(25-18(28)12-13)27-9-4-3-5-16(27)20(21,22)23/h6-8,10-12,16H,2-5,9H2,1H3,(H,25,28). The summed E-state index contributed by atoms with van der Waals surface area (Å²) in [6.07, 6.45) is 0.464. The van der Waals surface area contributed by atoms with Gasteiger partial charge in [0.25, 0.3) is 0 Å². The number of fused-ring (bicyclic) bond motifs is 1. The molecule has 1 aliphatic rings. The molecular weight excluding hydrogens is 369 g/mol. The van der Waals surface area contributed by atoms with Crippen molar-refractivity contribution in [3.8, 4) is 11.1 Å². The van der Waals surface area contributed by atoms with Gasteiger partial charge in [0.15, 0.2) is 0 Å². The largest absolute Gasteiger partial charge is 0.408 e. The molecule has 0 amide bonds. The molecule has 0 saturated carbocycles. The molecule has 28 heavy (non-hydrogen) atoms. The van der Waals surface area contributed by atoms with Crippen molar-refractivity contribution in [3.63, 3.8) is 0 Å². The first-order chi connectivity index (χ1) is 13.4. The highest BCUT2D eigenvalue weighted by Crippen LogP contribution is 2.36. The van der Waals surface area contributed by atoms with Crippen LogP contribution < -0.4 is 10.5 Å². The fourth-order valence-corrected chi connectivity index (χ4v) is 4.00. The molecule has 0 bridgehead atoms. The number of aryl methyl sites for hydroxylation is 1. The van der Waals surface area contributed by atoms with Crippen LogP contribution in [-0.4, -0.2) is 33.3 Å². The van der Waals surface area contributed by atoms with E-state index in [2.05, 4.69) is 9.97 Å². The molecule has 5 nitrogen and oxygen atoms in total. The van der Waals surface area contributed by atoms with Crippen molar-refractivity contribution in [1.82, 2.24) is 14.5 Å². The maximum absolute atomic E-state index is 13.5. The van der Waals surface area contributed by atoms with Gasteiger partial charge in [-0.1, -0.05) is 0 Å². The van der Waals surface area contributed by atoms with Crippen molar-refractivity contribution in [3.05, 3.63) is 47.0 Å². The summed E-state index contributed by atoms with van der Waals surface area (Å²) in [5.74, 6) is 0.212. The topological polar surface area (TPSA) is 53.9 Å². The minimum atomic E-state index is -4.34. The van der Waals surface area contributed by atoms with Gasteiger partial charge in [0.2, 0.25) is 5.56 Å². The summed E-state index contributed by atoms with van der Waals surface area (Å²) in [5.41, 5.74) is 1.74. The van der Waals surface area contributed by atoms with E-state index in [0.717, 1.165) is 23.1 Å². The molecule has 1 saturated heterocycles. The number of aromatic nitrogens is 3. The average molecular weight is 390 g/mol. The summed E-state index contributed by atoms with van der Waals surface area (Å²) in [4.78, 5) is 20.6. The van der Waals surface area contributed by atoms with E-state index in [1.165, 1.54) is 11.0 Å². The zero-order chi connectivity index (χ0) is 19.9. The lowest BCUT2D eigenvalue weighted by Crippen LogP contribution is -2.49. The summed E-state index contributed by atoms with van der Waals surface area (Å²) in [6, 6.07) is 5.20. The Hall–Kier alpha value is -2.77. The van der Waals surface area contributed by atoms with Crippen LogP contribution >= 0.6 is 0 Å². The zero-order valence-corrected chi connectivity index (χ0v) is 15.5. The van der Waals surface area contributed by atoms with Crippen LogP contribution in [0.2, 0.25) is 0 Å². The molecule has 148 valence electrons. The van der Waals surface area contributed by atoms with Crippen molar-refractivity contribution >= 4 is 16.9 Å². The predicted octanol–water partition coefficient (Wildman–Crippen LogP) is 4.33. The van der Waals surface area contributed by atoms with Crippen molar-refractivity contribution < 1.29 is 13.2 Å². The molecule has 3 aromatic rings. The third-order valence-corrected chi connectivity index (χ3v) is 5.33. The van der Waals surface area contributed by atoms with Crippen LogP contribution in [0.1, 0.15) is 26.2 Å². The Labute approximate surface area is 159 Å². The van der Waals surface area contributed by atoms with E-state index >= 15 is 0 Å². The summed E-state index contributed by atoms with van der Waals surface area (Å²) in [6.45, 7) is 3.02. The number of H-pyrrole nitrogens is 1. The second kappa shape index (κ2) is 7.00. The highest BCUT2D eigenvalue weighted by Gasteiger charge is 2.45. The van der Waals surface area contributed by atoms with Crippen LogP contribution in [0.5, 0.6) is 0 Å². The van der Waals surface area contributed by atoms with Gasteiger partial charge in [0, 0.05) is 36.9 Å². The fraction of sp³-hybridized carbons (Fsp3) is 0.400. The van der Waals surface area contributed by atoms with Crippen LogP contribution in [0.4, 0.5) is 19.0 Å². The number of nitrogens with one attached hydrogen (secondary N) is 1. The van der Waals surface area contributed by atoms with Crippen molar-refractivity contribution in [1.29, 1.82) is 0 Å². The lowest BCUT2D eigenvalue weighted by molar-refractivity contribution is -0.152. The Bertz CT molecular complexity index is 1050. The molecule has 1 atom stereocenters. The summed E-state index contributed by atoms with van der Waals surface area (Å²) in [7, 11) is 0. The van der Waals surface area contributed by atoms with Crippen LogP contribution in [0.15, 0.2) is 41.5 Å². The van der Waals surface area contributed by atoms with Gasteiger partial charge >= 0.3 is 6.18 Å². The Morgan fingerprint density at radius 3 is 2.82 bits per heavy atom. The number of nitrogens with zero attached hydrogens (tertiary/aromatic N) is 3. The van der Waals surface area contributed by atoms with E-state index in [9.17, 15) is 18.0 Å². The Morgan fingerprint density at radius 1 is 1.25 bits per heavy atom. The number of pyridine rings is 2. The summed E-state index contributed by atoms with van der Waals surface area (Å²) in [5, 5.41) is 0.868. The SMILES string of the molecule is CCn1ccc2c(-c3cc(N4CCCCC4C(F)(F)F)[nH]c(=O)c3)ccnc21. The molecule has 4 rings (SSSR count). The number of piperidine rings is 1. The zero-order valence-electron chi connectivity index (χ0n) is 15.5. The van der Waals surface area contributed by atoms with Gasteiger partial charge in [0.05, 0.1) is 0 Å². The molecular formula is C20H21F3N4O. The maximum Gasteiger partial charge on any atom is 0.408 e. The number of rotatable bonds is 3. The molecule has 3 aromatic heterocycles.